The minimum atomic E-state index is -0.0887. The Balaban J connectivity index is 3.53. The number of alkyl halides is 1. The van der Waals surface area contributed by atoms with Crippen LogP contribution >= 0.6 is 22.6 Å². The van der Waals surface area contributed by atoms with E-state index in [1.165, 1.54) is 0 Å². The van der Waals surface area contributed by atoms with E-state index in [1.54, 1.807) is 0 Å². The molecule has 0 saturated heterocycles. The molecule has 3 heteroatoms. The first-order valence-electron chi connectivity index (χ1n) is 3.67. The first kappa shape index (κ1) is 11.2. The van der Waals surface area contributed by atoms with Gasteiger partial charge in [-0.15, -0.1) is 0 Å². The molecule has 0 radical (unpaired) electrons. The Hall–Kier alpha value is 0.200. The topological polar surface area (TPSA) is 26.3 Å². The third-order valence-electron chi connectivity index (χ3n) is 1.01. The Morgan fingerprint density at radius 1 is 1.45 bits per heavy atom. The number of carbonyl (C=O) groups is 1. The summed E-state index contributed by atoms with van der Waals surface area (Å²) in [6.45, 7) is 6.62. The average Bonchev–Trinajstić information content (AvgIpc) is 1.79. The molecule has 0 unspecified atom stereocenters. The van der Waals surface area contributed by atoms with Crippen LogP contribution in [0.15, 0.2) is 0 Å². The average molecular weight is 270 g/mol. The van der Waals surface area contributed by atoms with Crippen LogP contribution in [-0.2, 0) is 9.53 Å². The van der Waals surface area contributed by atoms with Crippen molar-refractivity contribution in [2.45, 2.75) is 27.2 Å². The molecule has 0 aromatic carbocycles. The zero-order valence-corrected chi connectivity index (χ0v) is 9.47. The van der Waals surface area contributed by atoms with Crippen LogP contribution in [0.3, 0.4) is 0 Å². The first-order chi connectivity index (χ1) is 4.95. The van der Waals surface area contributed by atoms with Gasteiger partial charge in [-0.05, 0) is 5.41 Å². The zero-order valence-electron chi connectivity index (χ0n) is 7.32. The quantitative estimate of drug-likeness (QED) is 0.447. The molecule has 0 spiro atoms. The van der Waals surface area contributed by atoms with Crippen LogP contribution in [0.25, 0.3) is 0 Å². The van der Waals surface area contributed by atoms with Gasteiger partial charge in [0.25, 0.3) is 0 Å². The van der Waals surface area contributed by atoms with Crippen LogP contribution in [-0.4, -0.2) is 17.0 Å². The van der Waals surface area contributed by atoms with Gasteiger partial charge < -0.3 is 4.74 Å². The lowest BCUT2D eigenvalue weighted by Gasteiger charge is -2.16. The lowest BCUT2D eigenvalue weighted by Crippen LogP contribution is -2.16. The van der Waals surface area contributed by atoms with Crippen LogP contribution in [0.2, 0.25) is 0 Å². The van der Waals surface area contributed by atoms with Crippen molar-refractivity contribution in [3.05, 3.63) is 0 Å². The van der Waals surface area contributed by atoms with Crippen molar-refractivity contribution in [1.29, 1.82) is 0 Å². The van der Waals surface area contributed by atoms with Crippen LogP contribution < -0.4 is 0 Å². The second kappa shape index (κ2) is 4.95. The number of hydrogen-bond donors (Lipinski definition) is 0. The standard InChI is InChI=1S/C8H15IO2/c1-8(2,3)6-7(10)11-5-4-9/h4-6H2,1-3H3. The number of halogens is 1. The largest absolute Gasteiger partial charge is 0.465 e. The molecule has 0 aliphatic rings. The van der Waals surface area contributed by atoms with Crippen molar-refractivity contribution in [2.24, 2.45) is 5.41 Å². The van der Waals surface area contributed by atoms with Gasteiger partial charge >= 0.3 is 5.97 Å². The van der Waals surface area contributed by atoms with E-state index in [0.717, 1.165) is 4.43 Å². The minimum Gasteiger partial charge on any atom is -0.465 e. The van der Waals surface area contributed by atoms with Gasteiger partial charge in [-0.1, -0.05) is 43.4 Å². The lowest BCUT2D eigenvalue weighted by molar-refractivity contribution is -0.144. The van der Waals surface area contributed by atoms with Crippen LogP contribution in [0.1, 0.15) is 27.2 Å². The van der Waals surface area contributed by atoms with Gasteiger partial charge in [0.15, 0.2) is 0 Å². The van der Waals surface area contributed by atoms with Gasteiger partial charge in [0, 0.05) is 4.43 Å². The molecule has 0 fully saturated rings. The Morgan fingerprint density at radius 3 is 2.36 bits per heavy atom. The van der Waals surface area contributed by atoms with E-state index in [1.807, 2.05) is 20.8 Å². The normalized spacial score (nSPS) is 11.3. The first-order valence-corrected chi connectivity index (χ1v) is 5.20. The maximum absolute atomic E-state index is 11.0. The summed E-state index contributed by atoms with van der Waals surface area (Å²) in [6, 6.07) is 0. The van der Waals surface area contributed by atoms with E-state index >= 15 is 0 Å². The summed E-state index contributed by atoms with van der Waals surface area (Å²) in [4.78, 5) is 11.0. The summed E-state index contributed by atoms with van der Waals surface area (Å²) < 4.78 is 5.79. The maximum atomic E-state index is 11.0. The van der Waals surface area contributed by atoms with Gasteiger partial charge in [0.05, 0.1) is 6.42 Å². The van der Waals surface area contributed by atoms with E-state index in [9.17, 15) is 4.79 Å². The highest BCUT2D eigenvalue weighted by atomic mass is 127. The number of ether oxygens (including phenoxy) is 1. The van der Waals surface area contributed by atoms with E-state index < -0.39 is 0 Å². The van der Waals surface area contributed by atoms with E-state index in [2.05, 4.69) is 22.6 Å². The third-order valence-corrected chi connectivity index (χ3v) is 1.46. The second-order valence-corrected chi connectivity index (χ2v) is 4.73. The Morgan fingerprint density at radius 2 is 2.00 bits per heavy atom. The molecule has 0 atom stereocenters. The molecule has 0 heterocycles. The Kier molecular flexibility index (Phi) is 5.04. The molecule has 0 aliphatic heterocycles. The highest BCUT2D eigenvalue weighted by Crippen LogP contribution is 2.18. The van der Waals surface area contributed by atoms with Crippen molar-refractivity contribution in [3.63, 3.8) is 0 Å². The van der Waals surface area contributed by atoms with Crippen molar-refractivity contribution in [3.8, 4) is 0 Å². The van der Waals surface area contributed by atoms with Crippen molar-refractivity contribution >= 4 is 28.6 Å². The molecule has 0 N–H and O–H groups in total. The van der Waals surface area contributed by atoms with E-state index in [-0.39, 0.29) is 11.4 Å². The van der Waals surface area contributed by atoms with Gasteiger partial charge in [0.1, 0.15) is 6.61 Å². The summed E-state index contributed by atoms with van der Waals surface area (Å²) in [6.07, 6.45) is 0.504. The minimum absolute atomic E-state index is 0.0440. The van der Waals surface area contributed by atoms with Crippen LogP contribution in [0.4, 0.5) is 0 Å². The SMILES string of the molecule is CC(C)(C)CC(=O)OCCI. The van der Waals surface area contributed by atoms with Gasteiger partial charge in [-0.2, -0.15) is 0 Å². The van der Waals surface area contributed by atoms with Gasteiger partial charge in [0.2, 0.25) is 0 Å². The highest BCUT2D eigenvalue weighted by molar-refractivity contribution is 14.1. The predicted octanol–water partition coefficient (Wildman–Crippen LogP) is 2.40. The Labute approximate surface area is 81.8 Å². The molecule has 0 bridgehead atoms. The molecule has 0 amide bonds. The molecule has 0 aromatic rings. The van der Waals surface area contributed by atoms with Gasteiger partial charge in [-0.3, -0.25) is 4.79 Å². The number of esters is 1. The summed E-state index contributed by atoms with van der Waals surface area (Å²) in [5.41, 5.74) is 0.0440. The molecule has 0 rings (SSSR count). The fraction of sp³-hybridized carbons (Fsp3) is 0.875. The molecule has 0 aromatic heterocycles. The van der Waals surface area contributed by atoms with Crippen molar-refractivity contribution in [2.75, 3.05) is 11.0 Å². The molecule has 66 valence electrons. The summed E-state index contributed by atoms with van der Waals surface area (Å²) in [5, 5.41) is 0. The van der Waals surface area contributed by atoms with Crippen LogP contribution in [0, 0.1) is 5.41 Å². The molecule has 0 saturated carbocycles. The molecule has 2 nitrogen and oxygen atoms in total. The molecular formula is C8H15IO2. The summed E-state index contributed by atoms with van der Waals surface area (Å²) >= 11 is 2.18. The Bertz CT molecular complexity index is 127. The van der Waals surface area contributed by atoms with E-state index in [4.69, 9.17) is 4.74 Å². The number of carbonyl (C=O) groups excluding carboxylic acids is 1. The fourth-order valence-electron chi connectivity index (χ4n) is 0.636. The van der Waals surface area contributed by atoms with Gasteiger partial charge in [-0.25, -0.2) is 0 Å². The maximum Gasteiger partial charge on any atom is 0.306 e. The van der Waals surface area contributed by atoms with Crippen LogP contribution in [0.5, 0.6) is 0 Å². The second-order valence-electron chi connectivity index (χ2n) is 3.65. The highest BCUT2D eigenvalue weighted by Gasteiger charge is 2.16. The number of hydrogen-bond acceptors (Lipinski definition) is 2. The predicted molar refractivity (Wildman–Crippen MR) is 53.9 cm³/mol. The molecule has 0 aliphatic carbocycles. The molecular weight excluding hydrogens is 255 g/mol. The monoisotopic (exact) mass is 270 g/mol. The third kappa shape index (κ3) is 8.10. The number of rotatable bonds is 3. The lowest BCUT2D eigenvalue weighted by atomic mass is 9.93. The van der Waals surface area contributed by atoms with Crippen molar-refractivity contribution < 1.29 is 9.53 Å². The smallest absolute Gasteiger partial charge is 0.306 e. The zero-order chi connectivity index (χ0) is 8.91. The van der Waals surface area contributed by atoms with Crippen molar-refractivity contribution in [1.82, 2.24) is 0 Å². The fourth-order valence-corrected chi connectivity index (χ4v) is 0.857. The summed E-state index contributed by atoms with van der Waals surface area (Å²) in [5.74, 6) is -0.0887. The molecule has 11 heavy (non-hydrogen) atoms. The summed E-state index contributed by atoms with van der Waals surface area (Å²) in [7, 11) is 0. The van der Waals surface area contributed by atoms with E-state index in [0.29, 0.717) is 13.0 Å².